The lowest BCUT2D eigenvalue weighted by Crippen LogP contribution is -2.40. The third-order valence-corrected chi connectivity index (χ3v) is 5.92. The van der Waals surface area contributed by atoms with Crippen molar-refractivity contribution in [2.45, 2.75) is 19.9 Å². The maximum absolute atomic E-state index is 13.5. The molecule has 1 atom stereocenters. The first-order valence-electron chi connectivity index (χ1n) is 9.77. The van der Waals surface area contributed by atoms with Crippen molar-refractivity contribution in [1.82, 2.24) is 9.55 Å². The summed E-state index contributed by atoms with van der Waals surface area (Å²) in [6.45, 7) is 3.72. The highest BCUT2D eigenvalue weighted by Gasteiger charge is 2.34. The molecule has 1 aliphatic rings. The zero-order valence-corrected chi connectivity index (χ0v) is 18.2. The van der Waals surface area contributed by atoms with Crippen LogP contribution in [0.5, 0.6) is 5.75 Å². The van der Waals surface area contributed by atoms with Crippen LogP contribution in [0.25, 0.3) is 6.08 Å². The van der Waals surface area contributed by atoms with Gasteiger partial charge in [0.1, 0.15) is 11.8 Å². The average Bonchev–Trinajstić information content (AvgIpc) is 3.08. The molecule has 0 amide bonds. The van der Waals surface area contributed by atoms with Gasteiger partial charge in [0.2, 0.25) is 0 Å². The Kier molecular flexibility index (Phi) is 5.81. The second-order valence-corrected chi connectivity index (χ2v) is 7.84. The molecular formula is C23H21N3O4S. The Bertz CT molecular complexity index is 1340. The van der Waals surface area contributed by atoms with E-state index in [1.807, 2.05) is 30.3 Å². The normalized spacial score (nSPS) is 16.0. The van der Waals surface area contributed by atoms with E-state index >= 15 is 0 Å². The number of hydrogen-bond acceptors (Lipinski definition) is 7. The lowest BCUT2D eigenvalue weighted by Gasteiger charge is -2.25. The van der Waals surface area contributed by atoms with Crippen molar-refractivity contribution in [2.75, 3.05) is 13.7 Å². The lowest BCUT2D eigenvalue weighted by atomic mass is 9.95. The average molecular weight is 436 g/mol. The zero-order chi connectivity index (χ0) is 22.0. The minimum atomic E-state index is -0.706. The van der Waals surface area contributed by atoms with Gasteiger partial charge in [-0.1, -0.05) is 35.6 Å². The van der Waals surface area contributed by atoms with Gasteiger partial charge < -0.3 is 9.47 Å². The van der Waals surface area contributed by atoms with Crippen molar-refractivity contribution < 1.29 is 14.3 Å². The maximum Gasteiger partial charge on any atom is 0.338 e. The van der Waals surface area contributed by atoms with Gasteiger partial charge in [-0.15, -0.1) is 0 Å². The zero-order valence-electron chi connectivity index (χ0n) is 17.4. The van der Waals surface area contributed by atoms with Crippen LogP contribution in [-0.4, -0.2) is 29.2 Å². The van der Waals surface area contributed by atoms with Crippen molar-refractivity contribution in [1.29, 1.82) is 0 Å². The number of fused-ring (bicyclic) bond motifs is 1. The summed E-state index contributed by atoms with van der Waals surface area (Å²) in [5.41, 5.74) is 2.10. The molecule has 0 radical (unpaired) electrons. The molecular weight excluding hydrogens is 414 g/mol. The summed E-state index contributed by atoms with van der Waals surface area (Å²) in [4.78, 5) is 35.6. The van der Waals surface area contributed by atoms with Crippen LogP contribution in [-0.2, 0) is 9.53 Å². The lowest BCUT2D eigenvalue weighted by molar-refractivity contribution is -0.139. The number of esters is 1. The number of rotatable bonds is 5. The van der Waals surface area contributed by atoms with Gasteiger partial charge in [0.25, 0.3) is 5.56 Å². The van der Waals surface area contributed by atoms with Crippen molar-refractivity contribution in [3.05, 3.63) is 90.9 Å². The number of ether oxygens (including phenoxy) is 2. The van der Waals surface area contributed by atoms with Gasteiger partial charge in [0.15, 0.2) is 4.80 Å². The van der Waals surface area contributed by atoms with Gasteiger partial charge in [0, 0.05) is 18.0 Å². The van der Waals surface area contributed by atoms with Crippen LogP contribution in [0.4, 0.5) is 0 Å². The Morgan fingerprint density at radius 2 is 2.06 bits per heavy atom. The van der Waals surface area contributed by atoms with Gasteiger partial charge >= 0.3 is 5.97 Å². The fourth-order valence-corrected chi connectivity index (χ4v) is 4.64. The summed E-state index contributed by atoms with van der Waals surface area (Å²) in [7, 11) is 1.56. The number of allylic oxidation sites excluding steroid dienone is 1. The van der Waals surface area contributed by atoms with Gasteiger partial charge in [-0.25, -0.2) is 9.79 Å². The summed E-state index contributed by atoms with van der Waals surface area (Å²) in [6, 6.07) is 10.3. The molecule has 1 unspecified atom stereocenters. The standard InChI is InChI=1S/C23H21N3O4S/c1-4-30-22(28)19-14(2)25-23-26(20(19)16-9-5-6-10-17(16)29-3)21(27)18(31-23)12-15-8-7-11-24-13-15/h5-13,20H,4H2,1-3H3. The Balaban J connectivity index is 2.00. The Morgan fingerprint density at radius 1 is 1.26 bits per heavy atom. The molecule has 0 fully saturated rings. The molecule has 8 heteroatoms. The van der Waals surface area contributed by atoms with Crippen LogP contribution < -0.4 is 19.6 Å². The first-order valence-corrected chi connectivity index (χ1v) is 10.6. The third-order valence-electron chi connectivity index (χ3n) is 4.93. The number of hydrogen-bond donors (Lipinski definition) is 0. The van der Waals surface area contributed by atoms with Crippen LogP contribution in [0.1, 0.15) is 31.0 Å². The van der Waals surface area contributed by atoms with Crippen LogP contribution in [0.2, 0.25) is 0 Å². The van der Waals surface area contributed by atoms with Crippen LogP contribution in [0.15, 0.2) is 69.8 Å². The molecule has 0 bridgehead atoms. The molecule has 1 aliphatic heterocycles. The van der Waals surface area contributed by atoms with E-state index in [0.29, 0.717) is 31.9 Å². The first kappa shape index (κ1) is 20.7. The number of nitrogens with zero attached hydrogens (tertiary/aromatic N) is 3. The second kappa shape index (κ2) is 8.69. The maximum atomic E-state index is 13.5. The summed E-state index contributed by atoms with van der Waals surface area (Å²) in [5.74, 6) is 0.0760. The minimum Gasteiger partial charge on any atom is -0.496 e. The minimum absolute atomic E-state index is 0.222. The van der Waals surface area contributed by atoms with Crippen molar-refractivity contribution in [3.8, 4) is 5.75 Å². The van der Waals surface area contributed by atoms with E-state index in [-0.39, 0.29) is 12.2 Å². The highest BCUT2D eigenvalue weighted by molar-refractivity contribution is 7.07. The van der Waals surface area contributed by atoms with Gasteiger partial charge in [0.05, 0.1) is 29.5 Å². The molecule has 7 nitrogen and oxygen atoms in total. The molecule has 2 aromatic heterocycles. The highest BCUT2D eigenvalue weighted by atomic mass is 32.1. The van der Waals surface area contributed by atoms with Crippen molar-refractivity contribution >= 4 is 23.4 Å². The van der Waals surface area contributed by atoms with Gasteiger partial charge in [-0.05, 0) is 37.6 Å². The summed E-state index contributed by atoms with van der Waals surface area (Å²) in [6.07, 6.45) is 5.14. The molecule has 0 saturated heterocycles. The predicted molar refractivity (Wildman–Crippen MR) is 118 cm³/mol. The first-order chi connectivity index (χ1) is 15.0. The number of pyridine rings is 1. The molecule has 3 heterocycles. The van der Waals surface area contributed by atoms with Crippen molar-refractivity contribution in [2.24, 2.45) is 4.99 Å². The molecule has 158 valence electrons. The topological polar surface area (TPSA) is 82.8 Å². The number of thiazole rings is 1. The number of aromatic nitrogens is 2. The number of carbonyl (C=O) groups excluding carboxylic acids is 1. The van der Waals surface area contributed by atoms with E-state index in [2.05, 4.69) is 9.98 Å². The summed E-state index contributed by atoms with van der Waals surface area (Å²) < 4.78 is 12.9. The molecule has 3 aromatic rings. The van der Waals surface area contributed by atoms with Gasteiger partial charge in [-0.2, -0.15) is 0 Å². The Labute approximate surface area is 182 Å². The quantitative estimate of drug-likeness (QED) is 0.574. The van der Waals surface area contributed by atoms with Crippen LogP contribution in [0.3, 0.4) is 0 Å². The molecule has 1 aromatic carbocycles. The number of para-hydroxylation sites is 1. The van der Waals surface area contributed by atoms with E-state index in [1.165, 1.54) is 11.3 Å². The fraction of sp³-hybridized carbons (Fsp3) is 0.217. The predicted octanol–water partition coefficient (Wildman–Crippen LogP) is 2.20. The fourth-order valence-electron chi connectivity index (χ4n) is 3.59. The molecule has 0 N–H and O–H groups in total. The third kappa shape index (κ3) is 3.82. The van der Waals surface area contributed by atoms with E-state index in [0.717, 1.165) is 5.56 Å². The molecule has 0 aliphatic carbocycles. The smallest absolute Gasteiger partial charge is 0.338 e. The van der Waals surface area contributed by atoms with E-state index in [9.17, 15) is 9.59 Å². The largest absolute Gasteiger partial charge is 0.496 e. The van der Waals surface area contributed by atoms with E-state index < -0.39 is 12.0 Å². The molecule has 4 rings (SSSR count). The van der Waals surface area contributed by atoms with Crippen molar-refractivity contribution in [3.63, 3.8) is 0 Å². The van der Waals surface area contributed by atoms with Gasteiger partial charge in [-0.3, -0.25) is 14.3 Å². The van der Waals surface area contributed by atoms with E-state index in [1.54, 1.807) is 50.1 Å². The van der Waals surface area contributed by atoms with Crippen LogP contribution >= 0.6 is 11.3 Å². The number of carbonyl (C=O) groups is 1. The highest BCUT2D eigenvalue weighted by Crippen LogP contribution is 2.35. The number of benzene rings is 1. The van der Waals surface area contributed by atoms with Crippen LogP contribution in [0, 0.1) is 0 Å². The SMILES string of the molecule is CCOC(=O)C1=C(C)N=c2sc(=Cc3cccnc3)c(=O)n2C1c1ccccc1OC. The Morgan fingerprint density at radius 3 is 2.77 bits per heavy atom. The summed E-state index contributed by atoms with van der Waals surface area (Å²) >= 11 is 1.27. The number of methoxy groups -OCH3 is 1. The molecule has 0 saturated carbocycles. The summed E-state index contributed by atoms with van der Waals surface area (Å²) in [5, 5.41) is 0. The molecule has 0 spiro atoms. The Hall–Kier alpha value is -3.52. The molecule has 31 heavy (non-hydrogen) atoms. The van der Waals surface area contributed by atoms with E-state index in [4.69, 9.17) is 9.47 Å². The monoisotopic (exact) mass is 435 g/mol. The second-order valence-electron chi connectivity index (χ2n) is 6.83.